The van der Waals surface area contributed by atoms with Crippen molar-refractivity contribution in [2.75, 3.05) is 50.8 Å². The van der Waals surface area contributed by atoms with Gasteiger partial charge in [-0.1, -0.05) is 12.1 Å². The van der Waals surface area contributed by atoms with Crippen LogP contribution >= 0.6 is 11.3 Å². The van der Waals surface area contributed by atoms with Gasteiger partial charge in [0.05, 0.1) is 44.4 Å². The lowest BCUT2D eigenvalue weighted by Gasteiger charge is -2.34. The Bertz CT molecular complexity index is 1110. The minimum absolute atomic E-state index is 0.0297. The molecule has 0 radical (unpaired) electrons. The van der Waals surface area contributed by atoms with Gasteiger partial charge < -0.3 is 19.1 Å². The number of amides is 1. The van der Waals surface area contributed by atoms with Gasteiger partial charge in [-0.05, 0) is 24.6 Å². The Morgan fingerprint density at radius 1 is 1.09 bits per heavy atom. The molecular weight excluding hydrogens is 455 g/mol. The Morgan fingerprint density at radius 3 is 2.65 bits per heavy atom. The summed E-state index contributed by atoms with van der Waals surface area (Å²) in [6, 6.07) is 6.59. The molecule has 10 heteroatoms. The van der Waals surface area contributed by atoms with E-state index in [1.165, 1.54) is 12.1 Å². The van der Waals surface area contributed by atoms with Gasteiger partial charge in [0.15, 0.2) is 5.13 Å². The lowest BCUT2D eigenvalue weighted by atomic mass is 10.1. The number of ether oxygens (including phenoxy) is 1. The number of hydrogen-bond acceptors (Lipinski definition) is 7. The van der Waals surface area contributed by atoms with Crippen molar-refractivity contribution in [2.24, 2.45) is 0 Å². The van der Waals surface area contributed by atoms with Crippen LogP contribution in [0.1, 0.15) is 29.1 Å². The van der Waals surface area contributed by atoms with Gasteiger partial charge in [-0.15, -0.1) is 11.3 Å². The van der Waals surface area contributed by atoms with E-state index in [4.69, 9.17) is 4.74 Å². The molecule has 2 fully saturated rings. The van der Waals surface area contributed by atoms with Crippen LogP contribution < -0.4 is 4.90 Å². The summed E-state index contributed by atoms with van der Waals surface area (Å²) >= 11 is 1.66. The van der Waals surface area contributed by atoms with E-state index in [1.807, 2.05) is 17.3 Å². The first kappa shape index (κ1) is 22.9. The zero-order valence-corrected chi connectivity index (χ0v) is 20.1. The maximum atomic E-state index is 13.3. The Kier molecular flexibility index (Phi) is 6.89. The van der Waals surface area contributed by atoms with E-state index in [1.54, 1.807) is 29.8 Å². The SMILES string of the molecule is CC(c1ccc(F)cc1)n1cncc1CN1CCN(Cc2cnc(N3CCOCC3)s2)C(=O)C1. The van der Waals surface area contributed by atoms with Crippen LogP contribution in [0.15, 0.2) is 43.0 Å². The summed E-state index contributed by atoms with van der Waals surface area (Å²) in [5.74, 6) is -0.112. The average molecular weight is 485 g/mol. The Labute approximate surface area is 202 Å². The van der Waals surface area contributed by atoms with Gasteiger partial charge >= 0.3 is 0 Å². The number of benzene rings is 1. The van der Waals surface area contributed by atoms with Crippen LogP contribution in [0.2, 0.25) is 0 Å². The lowest BCUT2D eigenvalue weighted by Crippen LogP contribution is -2.49. The lowest BCUT2D eigenvalue weighted by molar-refractivity contribution is -0.136. The monoisotopic (exact) mass is 484 g/mol. The van der Waals surface area contributed by atoms with Crippen molar-refractivity contribution in [1.29, 1.82) is 0 Å². The van der Waals surface area contributed by atoms with Crippen LogP contribution in [-0.4, -0.2) is 76.2 Å². The molecule has 0 N–H and O–H groups in total. The summed E-state index contributed by atoms with van der Waals surface area (Å²) in [4.78, 5) is 29.2. The molecule has 1 aromatic carbocycles. The van der Waals surface area contributed by atoms with E-state index < -0.39 is 0 Å². The van der Waals surface area contributed by atoms with Crippen LogP contribution in [0.4, 0.5) is 9.52 Å². The summed E-state index contributed by atoms with van der Waals surface area (Å²) in [5, 5.41) is 1.01. The third kappa shape index (κ3) is 5.13. The van der Waals surface area contributed by atoms with Gasteiger partial charge in [-0.25, -0.2) is 14.4 Å². The number of aromatic nitrogens is 3. The number of morpholine rings is 1. The molecule has 3 aromatic rings. The first-order valence-electron chi connectivity index (χ1n) is 11.6. The molecule has 0 saturated carbocycles. The van der Waals surface area contributed by atoms with Crippen molar-refractivity contribution in [3.63, 3.8) is 0 Å². The highest BCUT2D eigenvalue weighted by atomic mass is 32.1. The van der Waals surface area contributed by atoms with Gasteiger partial charge in [-0.3, -0.25) is 9.69 Å². The summed E-state index contributed by atoms with van der Waals surface area (Å²) in [6.07, 6.45) is 5.54. The number of nitrogens with zero attached hydrogens (tertiary/aromatic N) is 6. The molecule has 2 aliphatic heterocycles. The fourth-order valence-electron chi connectivity index (χ4n) is 4.45. The van der Waals surface area contributed by atoms with E-state index >= 15 is 0 Å². The zero-order chi connectivity index (χ0) is 23.5. The van der Waals surface area contributed by atoms with Crippen molar-refractivity contribution in [2.45, 2.75) is 26.1 Å². The highest BCUT2D eigenvalue weighted by molar-refractivity contribution is 7.15. The molecular formula is C24H29FN6O2S. The summed E-state index contributed by atoms with van der Waals surface area (Å²) < 4.78 is 20.8. The van der Waals surface area contributed by atoms with E-state index in [9.17, 15) is 9.18 Å². The first-order chi connectivity index (χ1) is 16.6. The van der Waals surface area contributed by atoms with Crippen molar-refractivity contribution >= 4 is 22.4 Å². The average Bonchev–Trinajstić information content (AvgIpc) is 3.51. The molecule has 0 spiro atoms. The van der Waals surface area contributed by atoms with Gasteiger partial charge in [0.1, 0.15) is 5.82 Å². The van der Waals surface area contributed by atoms with Crippen LogP contribution in [-0.2, 0) is 22.6 Å². The van der Waals surface area contributed by atoms with Gasteiger partial charge in [0, 0.05) is 50.0 Å². The largest absolute Gasteiger partial charge is 0.378 e. The van der Waals surface area contributed by atoms with Crippen LogP contribution in [0.3, 0.4) is 0 Å². The quantitative estimate of drug-likeness (QED) is 0.514. The fourth-order valence-corrected chi connectivity index (χ4v) is 5.43. The smallest absolute Gasteiger partial charge is 0.237 e. The Morgan fingerprint density at radius 2 is 1.88 bits per heavy atom. The van der Waals surface area contributed by atoms with Gasteiger partial charge in [-0.2, -0.15) is 0 Å². The second-order valence-corrected chi connectivity index (χ2v) is 9.85. The third-order valence-electron chi connectivity index (χ3n) is 6.47. The predicted octanol–water partition coefficient (Wildman–Crippen LogP) is 2.77. The molecule has 2 aromatic heterocycles. The van der Waals surface area contributed by atoms with Crippen LogP contribution in [0.5, 0.6) is 0 Å². The number of halogens is 1. The van der Waals surface area contributed by atoms with E-state index in [0.717, 1.165) is 54.1 Å². The van der Waals surface area contributed by atoms with Crippen molar-refractivity contribution < 1.29 is 13.9 Å². The number of piperazine rings is 1. The van der Waals surface area contributed by atoms with Gasteiger partial charge in [0.2, 0.25) is 5.91 Å². The molecule has 8 nitrogen and oxygen atoms in total. The van der Waals surface area contributed by atoms with Crippen molar-refractivity contribution in [3.05, 3.63) is 64.9 Å². The molecule has 1 atom stereocenters. The molecule has 1 unspecified atom stereocenters. The van der Waals surface area contributed by atoms with E-state index in [0.29, 0.717) is 26.2 Å². The topological polar surface area (TPSA) is 66.7 Å². The number of hydrogen-bond donors (Lipinski definition) is 0. The van der Waals surface area contributed by atoms with Crippen molar-refractivity contribution in [3.8, 4) is 0 Å². The number of carbonyl (C=O) groups is 1. The number of rotatable bonds is 7. The number of imidazole rings is 1. The number of carbonyl (C=O) groups excluding carboxylic acids is 1. The fraction of sp³-hybridized carbons (Fsp3) is 0.458. The summed E-state index contributed by atoms with van der Waals surface area (Å²) in [6.45, 7) is 8.38. The van der Waals surface area contributed by atoms with E-state index in [-0.39, 0.29) is 17.8 Å². The standard InChI is InChI=1S/C24H29FN6O2S/c1-18(19-2-4-20(25)5-3-19)31-17-26-12-21(31)14-28-6-7-30(23(32)16-28)15-22-13-27-24(34-22)29-8-10-33-11-9-29/h2-5,12-13,17-18H,6-11,14-16H2,1H3. The molecule has 4 heterocycles. The van der Waals surface area contributed by atoms with Crippen LogP contribution in [0, 0.1) is 5.82 Å². The molecule has 0 aliphatic carbocycles. The Hall–Kier alpha value is -2.82. The molecule has 1 amide bonds. The molecule has 2 saturated heterocycles. The number of thiazole rings is 1. The highest BCUT2D eigenvalue weighted by Gasteiger charge is 2.26. The molecule has 5 rings (SSSR count). The maximum absolute atomic E-state index is 13.3. The zero-order valence-electron chi connectivity index (χ0n) is 19.3. The van der Waals surface area contributed by atoms with Crippen molar-refractivity contribution in [1.82, 2.24) is 24.3 Å². The maximum Gasteiger partial charge on any atom is 0.237 e. The second kappa shape index (κ2) is 10.2. The highest BCUT2D eigenvalue weighted by Crippen LogP contribution is 2.25. The molecule has 34 heavy (non-hydrogen) atoms. The molecule has 0 bridgehead atoms. The summed E-state index contributed by atoms with van der Waals surface area (Å²) in [7, 11) is 0. The van der Waals surface area contributed by atoms with Gasteiger partial charge in [0.25, 0.3) is 0 Å². The summed E-state index contributed by atoms with van der Waals surface area (Å²) in [5.41, 5.74) is 2.05. The molecule has 180 valence electrons. The van der Waals surface area contributed by atoms with Crippen LogP contribution in [0.25, 0.3) is 0 Å². The minimum atomic E-state index is -0.242. The van der Waals surface area contributed by atoms with E-state index in [2.05, 4.69) is 31.3 Å². The first-order valence-corrected chi connectivity index (χ1v) is 12.4. The predicted molar refractivity (Wildman–Crippen MR) is 128 cm³/mol. The number of anilines is 1. The second-order valence-electron chi connectivity index (χ2n) is 8.75. The third-order valence-corrected chi connectivity index (χ3v) is 7.51. The Balaban J connectivity index is 1.17. The molecule has 2 aliphatic rings. The normalized spacial score (nSPS) is 18.5. The minimum Gasteiger partial charge on any atom is -0.378 e.